The van der Waals surface area contributed by atoms with E-state index in [1.807, 2.05) is 6.08 Å². The first kappa shape index (κ1) is 7.47. The van der Waals surface area contributed by atoms with Gasteiger partial charge in [-0.3, -0.25) is 4.79 Å². The van der Waals surface area contributed by atoms with Crippen LogP contribution in [0.15, 0.2) is 28.7 Å². The lowest BCUT2D eigenvalue weighted by atomic mass is 9.92. The van der Waals surface area contributed by atoms with E-state index < -0.39 is 0 Å². The Bertz CT molecular complexity index is 381. The molecule has 0 saturated heterocycles. The quantitative estimate of drug-likeness (QED) is 0.336. The van der Waals surface area contributed by atoms with E-state index in [2.05, 4.69) is 0 Å². The van der Waals surface area contributed by atoms with Crippen LogP contribution in [-0.4, -0.2) is 17.1 Å². The van der Waals surface area contributed by atoms with Gasteiger partial charge in [0.25, 0.3) is 0 Å². The van der Waals surface area contributed by atoms with Gasteiger partial charge < -0.3 is 0 Å². The molecule has 1 atom stereocenters. The summed E-state index contributed by atoms with van der Waals surface area (Å²) in [6.45, 7) is 0. The van der Waals surface area contributed by atoms with E-state index in [9.17, 15) is 9.59 Å². The van der Waals surface area contributed by atoms with E-state index in [4.69, 9.17) is 0 Å². The Labute approximate surface area is 73.2 Å². The summed E-state index contributed by atoms with van der Waals surface area (Å²) in [5.41, 5.74) is 0.457. The Kier molecular flexibility index (Phi) is 1.68. The second-order valence-corrected chi connectivity index (χ2v) is 3.63. The highest BCUT2D eigenvalue weighted by Gasteiger charge is 2.29. The van der Waals surface area contributed by atoms with Crippen molar-refractivity contribution in [3.05, 3.63) is 28.7 Å². The van der Waals surface area contributed by atoms with Crippen LogP contribution in [-0.2, 0) is 9.59 Å². The Morgan fingerprint density at radius 2 is 2.33 bits per heavy atom. The predicted octanol–water partition coefficient (Wildman–Crippen LogP) is 0.665. The summed E-state index contributed by atoms with van der Waals surface area (Å²) in [4.78, 5) is 22.7. The topological polar surface area (TPSA) is 34.1 Å². The van der Waals surface area contributed by atoms with E-state index in [0.29, 0.717) is 5.57 Å². The lowest BCUT2D eigenvalue weighted by Gasteiger charge is -2.11. The second kappa shape index (κ2) is 2.70. The molecule has 0 aromatic heterocycles. The van der Waals surface area contributed by atoms with E-state index in [0.717, 1.165) is 16.3 Å². The molecule has 12 heavy (non-hydrogen) atoms. The van der Waals surface area contributed by atoms with Crippen LogP contribution >= 0.6 is 11.4 Å². The van der Waals surface area contributed by atoms with Crippen LogP contribution < -0.4 is 0 Å². The smallest absolute Gasteiger partial charge is 0.174 e. The van der Waals surface area contributed by atoms with Crippen LogP contribution in [0.5, 0.6) is 0 Å². The van der Waals surface area contributed by atoms with Crippen molar-refractivity contribution in [1.82, 2.24) is 0 Å². The Hall–Kier alpha value is -1.18. The Morgan fingerprint density at radius 1 is 1.50 bits per heavy atom. The van der Waals surface area contributed by atoms with Crippen molar-refractivity contribution in [3.63, 3.8) is 0 Å². The van der Waals surface area contributed by atoms with E-state index in [-0.39, 0.29) is 11.7 Å². The summed E-state index contributed by atoms with van der Waals surface area (Å²) < 4.78 is 0. The molecule has 2 rings (SSSR count). The summed E-state index contributed by atoms with van der Waals surface area (Å²) in [5, 5.41) is 1.60. The molecule has 0 aromatic carbocycles. The third-order valence-electron chi connectivity index (χ3n) is 1.89. The van der Waals surface area contributed by atoms with Gasteiger partial charge in [0.15, 0.2) is 5.78 Å². The summed E-state index contributed by atoms with van der Waals surface area (Å²) in [6.07, 6.45) is 5.31. The van der Waals surface area contributed by atoms with Crippen molar-refractivity contribution in [2.24, 2.45) is 5.92 Å². The van der Waals surface area contributed by atoms with Gasteiger partial charge >= 0.3 is 0 Å². The Morgan fingerprint density at radius 3 is 3.08 bits per heavy atom. The molecule has 0 fully saturated rings. The SMILES string of the molecule is O=C=C1C=CC=C2[SH]=CC(=O)C12. The highest BCUT2D eigenvalue weighted by Crippen LogP contribution is 2.33. The molecule has 0 radical (unpaired) electrons. The highest BCUT2D eigenvalue weighted by atomic mass is 32.1. The number of thiol groups is 1. The van der Waals surface area contributed by atoms with Crippen LogP contribution in [0, 0.1) is 5.92 Å². The zero-order chi connectivity index (χ0) is 8.55. The highest BCUT2D eigenvalue weighted by molar-refractivity contribution is 8.03. The van der Waals surface area contributed by atoms with Gasteiger partial charge in [-0.1, -0.05) is 12.2 Å². The third kappa shape index (κ3) is 0.951. The molecular weight excluding hydrogens is 172 g/mol. The minimum atomic E-state index is -0.325. The van der Waals surface area contributed by atoms with Gasteiger partial charge in [-0.15, -0.1) is 0 Å². The first-order chi connectivity index (χ1) is 5.83. The van der Waals surface area contributed by atoms with Crippen molar-refractivity contribution in [3.8, 4) is 0 Å². The molecule has 3 heteroatoms. The summed E-state index contributed by atoms with van der Waals surface area (Å²) in [7, 11) is 0. The number of hydrogen-bond donors (Lipinski definition) is 1. The zero-order valence-electron chi connectivity index (χ0n) is 6.15. The number of fused-ring (bicyclic) bond motifs is 1. The van der Waals surface area contributed by atoms with E-state index in [1.165, 1.54) is 0 Å². The molecule has 1 aliphatic carbocycles. The normalized spacial score (nSPS) is 26.0. The third-order valence-corrected chi connectivity index (χ3v) is 2.98. The maximum absolute atomic E-state index is 11.2. The Balaban J connectivity index is 2.54. The summed E-state index contributed by atoms with van der Waals surface area (Å²) >= 11 is 0.916. The first-order valence-electron chi connectivity index (χ1n) is 3.54. The molecule has 0 bridgehead atoms. The largest absolute Gasteiger partial charge is 0.293 e. The van der Waals surface area contributed by atoms with Crippen molar-refractivity contribution in [2.45, 2.75) is 0 Å². The molecular formula is C9H6O2S. The molecule has 2 nitrogen and oxygen atoms in total. The maximum Gasteiger partial charge on any atom is 0.174 e. The maximum atomic E-state index is 11.2. The van der Waals surface area contributed by atoms with E-state index in [1.54, 1.807) is 23.5 Å². The van der Waals surface area contributed by atoms with Gasteiger partial charge in [-0.05, 0) is 11.0 Å². The molecule has 1 heterocycles. The van der Waals surface area contributed by atoms with Crippen LogP contribution in [0.4, 0.5) is 0 Å². The minimum Gasteiger partial charge on any atom is -0.293 e. The molecule has 0 N–H and O–H groups in total. The van der Waals surface area contributed by atoms with Crippen LogP contribution in [0.2, 0.25) is 0 Å². The molecule has 0 aromatic rings. The molecule has 0 amide bonds. The van der Waals surface area contributed by atoms with Gasteiger partial charge in [0.1, 0.15) is 5.94 Å². The van der Waals surface area contributed by atoms with Crippen molar-refractivity contribution in [2.75, 3.05) is 0 Å². The number of carbonyl (C=O) groups is 1. The monoisotopic (exact) mass is 178 g/mol. The number of ketones is 1. The van der Waals surface area contributed by atoms with Gasteiger partial charge in [0.05, 0.1) is 11.5 Å². The number of Topliss-reactive ketones (excluding diaryl/α,β-unsaturated/α-hetero) is 1. The van der Waals surface area contributed by atoms with Crippen molar-refractivity contribution >= 4 is 28.4 Å². The average Bonchev–Trinajstić information content (AvgIpc) is 2.48. The summed E-state index contributed by atoms with van der Waals surface area (Å²) in [5.74, 6) is 1.49. The van der Waals surface area contributed by atoms with Gasteiger partial charge in [-0.25, -0.2) is 4.79 Å². The lowest BCUT2D eigenvalue weighted by Crippen LogP contribution is -2.14. The molecule has 60 valence electrons. The fourth-order valence-corrected chi connectivity index (χ4v) is 2.34. The average molecular weight is 178 g/mol. The van der Waals surface area contributed by atoms with Crippen molar-refractivity contribution in [1.29, 1.82) is 0 Å². The molecule has 2 aliphatic rings. The summed E-state index contributed by atoms with van der Waals surface area (Å²) in [6, 6.07) is 0. The van der Waals surface area contributed by atoms with Gasteiger partial charge in [0, 0.05) is 5.37 Å². The number of carbonyl (C=O) groups excluding carboxylic acids is 2. The van der Waals surface area contributed by atoms with Crippen LogP contribution in [0.3, 0.4) is 0 Å². The van der Waals surface area contributed by atoms with Crippen LogP contribution in [0.1, 0.15) is 0 Å². The van der Waals surface area contributed by atoms with Gasteiger partial charge in [0.2, 0.25) is 0 Å². The van der Waals surface area contributed by atoms with Gasteiger partial charge in [-0.2, -0.15) is 11.4 Å². The predicted molar refractivity (Wildman–Crippen MR) is 50.0 cm³/mol. The zero-order valence-corrected chi connectivity index (χ0v) is 7.04. The number of allylic oxidation sites excluding steroid dienone is 5. The fourth-order valence-electron chi connectivity index (χ4n) is 1.32. The lowest BCUT2D eigenvalue weighted by molar-refractivity contribution is -0.113. The van der Waals surface area contributed by atoms with Crippen LogP contribution in [0.25, 0.3) is 0 Å². The van der Waals surface area contributed by atoms with Crippen molar-refractivity contribution < 1.29 is 9.59 Å². The first-order valence-corrected chi connectivity index (χ1v) is 4.50. The standard InChI is InChI=1S/C9H6O2S/c10-4-6-2-1-3-8-9(6)7(11)5-12-8/h1-3,5,9,12H. The molecule has 0 spiro atoms. The molecule has 1 unspecified atom stereocenters. The number of rotatable bonds is 0. The van der Waals surface area contributed by atoms with E-state index >= 15 is 0 Å². The number of hydrogen-bond acceptors (Lipinski definition) is 2. The molecule has 0 saturated carbocycles. The minimum absolute atomic E-state index is 0.0191. The second-order valence-electron chi connectivity index (χ2n) is 2.60. The molecule has 1 aliphatic heterocycles. The fraction of sp³-hybridized carbons (Fsp3) is 0.111.